The number of methoxy groups -OCH3 is 1. The first-order chi connectivity index (χ1) is 14.2. The molecule has 2 aromatic carbocycles. The smallest absolute Gasteiger partial charge is 0.261 e. The number of amides is 1. The lowest BCUT2D eigenvalue weighted by Gasteiger charge is -2.16. The van der Waals surface area contributed by atoms with E-state index in [1.54, 1.807) is 7.11 Å². The van der Waals surface area contributed by atoms with Gasteiger partial charge in [-0.15, -0.1) is 0 Å². The van der Waals surface area contributed by atoms with E-state index in [-0.39, 0.29) is 11.8 Å². The lowest BCUT2D eigenvalue weighted by atomic mass is 10.1. The highest BCUT2D eigenvalue weighted by atomic mass is 16.5. The fourth-order valence-corrected chi connectivity index (χ4v) is 3.68. The summed E-state index contributed by atoms with van der Waals surface area (Å²) in [4.78, 5) is 19.0. The number of carbonyl (C=O) groups excluding carboxylic acids is 1. The number of hydrogen-bond acceptors (Lipinski definition) is 5. The molecular formula is C23H25N3O3. The third-order valence-corrected chi connectivity index (χ3v) is 5.34. The molecule has 6 heteroatoms. The molecule has 0 N–H and O–H groups in total. The van der Waals surface area contributed by atoms with Crippen molar-refractivity contribution in [1.82, 2.24) is 10.1 Å². The molecule has 150 valence electrons. The first-order valence-electron chi connectivity index (χ1n) is 10.1. The number of benzene rings is 2. The summed E-state index contributed by atoms with van der Waals surface area (Å²) in [5, 5.41) is 4.14. The number of aromatic nitrogens is 2. The van der Waals surface area contributed by atoms with E-state index in [1.165, 1.54) is 18.4 Å². The van der Waals surface area contributed by atoms with Crippen molar-refractivity contribution in [2.75, 3.05) is 18.6 Å². The van der Waals surface area contributed by atoms with E-state index >= 15 is 0 Å². The zero-order valence-corrected chi connectivity index (χ0v) is 16.8. The molecule has 1 aliphatic rings. The lowest BCUT2D eigenvalue weighted by Crippen LogP contribution is -2.24. The van der Waals surface area contributed by atoms with Gasteiger partial charge >= 0.3 is 0 Å². The number of unbranched alkanes of at least 4 members (excludes halogenated alkanes) is 1. The molecule has 1 fully saturated rings. The highest BCUT2D eigenvalue weighted by Crippen LogP contribution is 2.33. The van der Waals surface area contributed by atoms with Gasteiger partial charge in [0.25, 0.3) is 5.89 Å². The molecule has 1 atom stereocenters. The fraction of sp³-hybridized carbons (Fsp3) is 0.348. The zero-order chi connectivity index (χ0) is 20.2. The summed E-state index contributed by atoms with van der Waals surface area (Å²) < 4.78 is 10.8. The van der Waals surface area contributed by atoms with Crippen LogP contribution in [0.3, 0.4) is 0 Å². The fourth-order valence-electron chi connectivity index (χ4n) is 3.68. The number of aryl methyl sites for hydroxylation is 1. The van der Waals surface area contributed by atoms with Crippen molar-refractivity contribution in [3.63, 3.8) is 0 Å². The van der Waals surface area contributed by atoms with Gasteiger partial charge in [0, 0.05) is 24.6 Å². The quantitative estimate of drug-likeness (QED) is 0.588. The summed E-state index contributed by atoms with van der Waals surface area (Å²) in [5.74, 6) is 1.63. The maximum atomic E-state index is 12.6. The van der Waals surface area contributed by atoms with E-state index < -0.39 is 0 Å². The Bertz CT molecular complexity index is 981. The standard InChI is InChI=1S/C23H25N3O3/c1-3-4-7-16-10-12-18(13-11-16)26-15-17(14-21(26)27)22-24-23(29-25-22)19-8-5-6-9-20(19)28-2/h5-6,8-13,17H,3-4,7,14-15H2,1-2H3. The molecule has 0 radical (unpaired) electrons. The number of nitrogens with zero attached hydrogens (tertiary/aromatic N) is 3. The van der Waals surface area contributed by atoms with Gasteiger partial charge in [0.15, 0.2) is 5.82 Å². The van der Waals surface area contributed by atoms with Gasteiger partial charge in [0.1, 0.15) is 5.75 Å². The molecule has 4 rings (SSSR count). The number of ether oxygens (including phenoxy) is 1. The van der Waals surface area contributed by atoms with E-state index in [1.807, 2.05) is 41.3 Å². The van der Waals surface area contributed by atoms with E-state index in [0.29, 0.717) is 30.4 Å². The summed E-state index contributed by atoms with van der Waals surface area (Å²) in [6.07, 6.45) is 3.80. The minimum atomic E-state index is -0.0884. The van der Waals surface area contributed by atoms with Crippen LogP contribution in [0.5, 0.6) is 5.75 Å². The van der Waals surface area contributed by atoms with Crippen molar-refractivity contribution in [2.45, 2.75) is 38.5 Å². The van der Waals surface area contributed by atoms with Crippen molar-refractivity contribution in [1.29, 1.82) is 0 Å². The molecule has 0 bridgehead atoms. The van der Waals surface area contributed by atoms with Gasteiger partial charge in [-0.2, -0.15) is 4.98 Å². The Morgan fingerprint density at radius 2 is 1.97 bits per heavy atom. The Balaban J connectivity index is 1.49. The van der Waals surface area contributed by atoms with Gasteiger partial charge in [0.2, 0.25) is 5.91 Å². The molecule has 1 amide bonds. The van der Waals surface area contributed by atoms with Crippen molar-refractivity contribution in [3.05, 3.63) is 59.9 Å². The number of anilines is 1. The second kappa shape index (κ2) is 8.47. The van der Waals surface area contributed by atoms with Gasteiger partial charge in [-0.1, -0.05) is 42.8 Å². The molecule has 1 saturated heterocycles. The molecule has 1 aliphatic heterocycles. The Morgan fingerprint density at radius 1 is 1.17 bits per heavy atom. The topological polar surface area (TPSA) is 68.5 Å². The number of carbonyl (C=O) groups is 1. The largest absolute Gasteiger partial charge is 0.496 e. The lowest BCUT2D eigenvalue weighted by molar-refractivity contribution is -0.117. The molecule has 6 nitrogen and oxygen atoms in total. The maximum Gasteiger partial charge on any atom is 0.261 e. The van der Waals surface area contributed by atoms with Crippen LogP contribution in [0.2, 0.25) is 0 Å². The molecule has 3 aromatic rings. The summed E-state index contributed by atoms with van der Waals surface area (Å²) in [6.45, 7) is 2.74. The van der Waals surface area contributed by atoms with E-state index in [2.05, 4.69) is 29.2 Å². The predicted octanol–water partition coefficient (Wildman–Crippen LogP) is 4.61. The Labute approximate surface area is 170 Å². The van der Waals surface area contributed by atoms with Gasteiger partial charge in [-0.25, -0.2) is 0 Å². The Hall–Kier alpha value is -3.15. The van der Waals surface area contributed by atoms with Crippen molar-refractivity contribution < 1.29 is 14.1 Å². The SMILES string of the molecule is CCCCc1ccc(N2CC(c3noc(-c4ccccc4OC)n3)CC2=O)cc1. The second-order valence-electron chi connectivity index (χ2n) is 7.33. The normalized spacial score (nSPS) is 16.4. The molecule has 0 aliphatic carbocycles. The highest BCUT2D eigenvalue weighted by molar-refractivity contribution is 5.96. The second-order valence-corrected chi connectivity index (χ2v) is 7.33. The monoisotopic (exact) mass is 391 g/mol. The van der Waals surface area contributed by atoms with E-state index in [4.69, 9.17) is 9.26 Å². The van der Waals surface area contributed by atoms with E-state index in [9.17, 15) is 4.79 Å². The van der Waals surface area contributed by atoms with Crippen LogP contribution in [0.15, 0.2) is 53.1 Å². The first-order valence-corrected chi connectivity index (χ1v) is 10.1. The van der Waals surface area contributed by atoms with Gasteiger partial charge < -0.3 is 14.2 Å². The van der Waals surface area contributed by atoms with Crippen LogP contribution in [0.25, 0.3) is 11.5 Å². The van der Waals surface area contributed by atoms with E-state index in [0.717, 1.165) is 17.7 Å². The van der Waals surface area contributed by atoms with Gasteiger partial charge in [-0.3, -0.25) is 4.79 Å². The minimum absolute atomic E-state index is 0.0833. The van der Waals surface area contributed by atoms with Crippen LogP contribution < -0.4 is 9.64 Å². The molecule has 2 heterocycles. The summed E-state index contributed by atoms with van der Waals surface area (Å²) in [6, 6.07) is 15.8. The van der Waals surface area contributed by atoms with Crippen molar-refractivity contribution in [2.24, 2.45) is 0 Å². The average molecular weight is 391 g/mol. The average Bonchev–Trinajstić information content (AvgIpc) is 3.39. The van der Waals surface area contributed by atoms with Crippen LogP contribution in [-0.4, -0.2) is 29.7 Å². The van der Waals surface area contributed by atoms with Crippen molar-refractivity contribution >= 4 is 11.6 Å². The highest BCUT2D eigenvalue weighted by Gasteiger charge is 2.34. The van der Waals surface area contributed by atoms with Crippen LogP contribution in [0.1, 0.15) is 43.5 Å². The number of para-hydroxylation sites is 1. The first kappa shape index (κ1) is 19.2. The number of hydrogen-bond donors (Lipinski definition) is 0. The van der Waals surface area contributed by atoms with Crippen molar-refractivity contribution in [3.8, 4) is 17.2 Å². The molecular weight excluding hydrogens is 366 g/mol. The Morgan fingerprint density at radius 3 is 2.72 bits per heavy atom. The third kappa shape index (κ3) is 4.01. The number of rotatable bonds is 7. The summed E-state index contributed by atoms with van der Waals surface area (Å²) in [5.41, 5.74) is 2.97. The van der Waals surface area contributed by atoms with Crippen LogP contribution in [-0.2, 0) is 11.2 Å². The predicted molar refractivity (Wildman–Crippen MR) is 111 cm³/mol. The third-order valence-electron chi connectivity index (χ3n) is 5.34. The van der Waals surface area contributed by atoms with Crippen LogP contribution in [0.4, 0.5) is 5.69 Å². The Kier molecular flexibility index (Phi) is 5.60. The molecule has 0 saturated carbocycles. The minimum Gasteiger partial charge on any atom is -0.496 e. The zero-order valence-electron chi connectivity index (χ0n) is 16.8. The molecule has 0 spiro atoms. The van der Waals surface area contributed by atoms with Crippen LogP contribution in [0, 0.1) is 0 Å². The molecule has 1 unspecified atom stereocenters. The summed E-state index contributed by atoms with van der Waals surface area (Å²) >= 11 is 0. The molecule has 1 aromatic heterocycles. The summed E-state index contributed by atoms with van der Waals surface area (Å²) in [7, 11) is 1.61. The van der Waals surface area contributed by atoms with Gasteiger partial charge in [0.05, 0.1) is 12.7 Å². The van der Waals surface area contributed by atoms with Crippen LogP contribution >= 0.6 is 0 Å². The molecule has 29 heavy (non-hydrogen) atoms. The van der Waals surface area contributed by atoms with Gasteiger partial charge in [-0.05, 0) is 42.7 Å². The maximum absolute atomic E-state index is 12.6.